The summed E-state index contributed by atoms with van der Waals surface area (Å²) in [5.74, 6) is -2.51. The molecular weight excluding hydrogens is 320 g/mol. The number of hydrogen-bond acceptors (Lipinski definition) is 6. The van der Waals surface area contributed by atoms with Gasteiger partial charge < -0.3 is 20.0 Å². The molecule has 0 aromatic rings. The number of rotatable bonds is 9. The quantitative estimate of drug-likeness (QED) is 0.280. The molecule has 0 bridgehead atoms. The highest BCUT2D eigenvalue weighted by Crippen LogP contribution is 2.14. The van der Waals surface area contributed by atoms with Crippen LogP contribution in [0.25, 0.3) is 0 Å². The number of nitrogens with zero attached hydrogens (tertiary/aromatic N) is 2. The second kappa shape index (κ2) is 13.3. The zero-order valence-corrected chi connectivity index (χ0v) is 13.9. The lowest BCUT2D eigenvalue weighted by Crippen LogP contribution is -2.38. The molecule has 2 N–H and O–H groups in total. The molecule has 1 fully saturated rings. The number of likely N-dealkylation sites (tertiary alicyclic amines) is 1. The van der Waals surface area contributed by atoms with E-state index in [4.69, 9.17) is 10.2 Å². The van der Waals surface area contributed by atoms with Crippen LogP contribution in [0.2, 0.25) is 0 Å². The van der Waals surface area contributed by atoms with Gasteiger partial charge in [0, 0.05) is 25.2 Å². The van der Waals surface area contributed by atoms with E-state index in [9.17, 15) is 19.7 Å². The predicted octanol–water partition coefficient (Wildman–Crippen LogP) is 1.95. The second-order valence-electron chi connectivity index (χ2n) is 5.44. The van der Waals surface area contributed by atoms with Crippen molar-refractivity contribution in [2.75, 3.05) is 19.6 Å². The van der Waals surface area contributed by atoms with Crippen molar-refractivity contribution < 1.29 is 29.7 Å². The van der Waals surface area contributed by atoms with Gasteiger partial charge in [-0.25, -0.2) is 9.59 Å². The van der Waals surface area contributed by atoms with Gasteiger partial charge in [0.15, 0.2) is 0 Å². The first-order valence-electron chi connectivity index (χ1n) is 8.02. The standard InChI is InChI=1S/C11H22N2O3.C4H4O4/c1-2-3-4-5-8-12-9-6-11(7-10-12)16-13(14)15;5-3(6)1-2-4(7)8/h11H,2-10H2,1H3;1-2H,(H,5,6)(H,7,8)/b;2-1+. The molecule has 0 saturated carbocycles. The molecule has 1 aliphatic heterocycles. The lowest BCUT2D eigenvalue weighted by Gasteiger charge is -2.30. The molecule has 1 rings (SSSR count). The summed E-state index contributed by atoms with van der Waals surface area (Å²) in [6, 6.07) is 0. The highest BCUT2D eigenvalue weighted by Gasteiger charge is 2.21. The fourth-order valence-electron chi connectivity index (χ4n) is 2.26. The van der Waals surface area contributed by atoms with Crippen molar-refractivity contribution in [2.24, 2.45) is 0 Å². The van der Waals surface area contributed by atoms with Crippen LogP contribution in [0, 0.1) is 10.1 Å². The van der Waals surface area contributed by atoms with Crippen molar-refractivity contribution in [1.29, 1.82) is 0 Å². The Bertz CT molecular complexity index is 402. The number of unbranched alkanes of at least 4 members (excludes halogenated alkanes) is 3. The van der Waals surface area contributed by atoms with Crippen molar-refractivity contribution in [3.63, 3.8) is 0 Å². The molecular formula is C15H26N2O7. The van der Waals surface area contributed by atoms with Gasteiger partial charge in [-0.2, -0.15) is 0 Å². The van der Waals surface area contributed by atoms with Crippen LogP contribution in [0.15, 0.2) is 12.2 Å². The van der Waals surface area contributed by atoms with Crippen molar-refractivity contribution in [2.45, 2.75) is 51.6 Å². The monoisotopic (exact) mass is 346 g/mol. The van der Waals surface area contributed by atoms with E-state index in [0.29, 0.717) is 12.2 Å². The van der Waals surface area contributed by atoms with Crippen LogP contribution >= 0.6 is 0 Å². The van der Waals surface area contributed by atoms with E-state index in [1.54, 1.807) is 0 Å². The van der Waals surface area contributed by atoms with Crippen LogP contribution in [0.4, 0.5) is 0 Å². The zero-order valence-electron chi connectivity index (χ0n) is 13.9. The van der Waals surface area contributed by atoms with Gasteiger partial charge in [-0.1, -0.05) is 26.2 Å². The Morgan fingerprint density at radius 2 is 1.71 bits per heavy atom. The summed E-state index contributed by atoms with van der Waals surface area (Å²) in [4.78, 5) is 36.2. The Labute approximate surface area is 141 Å². The third-order valence-corrected chi connectivity index (χ3v) is 3.47. The maximum Gasteiger partial charge on any atom is 0.328 e. The molecule has 0 radical (unpaired) electrons. The smallest absolute Gasteiger partial charge is 0.328 e. The number of carboxylic acid groups (broad SMARTS) is 2. The average molecular weight is 346 g/mol. The molecule has 9 nitrogen and oxygen atoms in total. The van der Waals surface area contributed by atoms with Gasteiger partial charge in [0.2, 0.25) is 0 Å². The summed E-state index contributed by atoms with van der Waals surface area (Å²) in [6.45, 7) is 5.21. The third-order valence-electron chi connectivity index (χ3n) is 3.47. The topological polar surface area (TPSA) is 130 Å². The molecule has 138 valence electrons. The molecule has 0 aromatic carbocycles. The summed E-state index contributed by atoms with van der Waals surface area (Å²) < 4.78 is 0. The van der Waals surface area contributed by atoms with Gasteiger partial charge in [0.25, 0.3) is 5.09 Å². The summed E-state index contributed by atoms with van der Waals surface area (Å²) in [5.41, 5.74) is 0. The fourth-order valence-corrected chi connectivity index (χ4v) is 2.26. The lowest BCUT2D eigenvalue weighted by molar-refractivity contribution is -0.769. The zero-order chi connectivity index (χ0) is 18.4. The minimum Gasteiger partial charge on any atom is -0.478 e. The van der Waals surface area contributed by atoms with Crippen molar-refractivity contribution in [3.05, 3.63) is 22.3 Å². The van der Waals surface area contributed by atoms with Crippen LogP contribution in [-0.2, 0) is 14.4 Å². The number of carboxylic acids is 2. The van der Waals surface area contributed by atoms with Gasteiger partial charge in [-0.15, -0.1) is 10.1 Å². The molecule has 9 heteroatoms. The Morgan fingerprint density at radius 3 is 2.12 bits per heavy atom. The Balaban J connectivity index is 0.000000561. The van der Waals surface area contributed by atoms with Crippen LogP contribution < -0.4 is 0 Å². The average Bonchev–Trinajstić information content (AvgIpc) is 2.51. The lowest BCUT2D eigenvalue weighted by atomic mass is 10.1. The summed E-state index contributed by atoms with van der Waals surface area (Å²) in [5, 5.41) is 25.1. The van der Waals surface area contributed by atoms with Crippen molar-refractivity contribution >= 4 is 11.9 Å². The van der Waals surface area contributed by atoms with E-state index in [-0.39, 0.29) is 6.10 Å². The maximum absolute atomic E-state index is 10.2. The summed E-state index contributed by atoms with van der Waals surface area (Å²) in [7, 11) is 0. The molecule has 0 atom stereocenters. The van der Waals surface area contributed by atoms with E-state index in [1.165, 1.54) is 25.7 Å². The molecule has 0 aromatic heterocycles. The van der Waals surface area contributed by atoms with Gasteiger partial charge in [0.1, 0.15) is 6.10 Å². The van der Waals surface area contributed by atoms with Crippen molar-refractivity contribution in [3.8, 4) is 0 Å². The Morgan fingerprint density at radius 1 is 1.17 bits per heavy atom. The molecule has 0 unspecified atom stereocenters. The Kier molecular flexibility index (Phi) is 12.1. The van der Waals surface area contributed by atoms with Crippen LogP contribution in [-0.4, -0.2) is 57.9 Å². The van der Waals surface area contributed by atoms with Crippen LogP contribution in [0.1, 0.15) is 45.4 Å². The predicted molar refractivity (Wildman–Crippen MR) is 86.1 cm³/mol. The van der Waals surface area contributed by atoms with E-state index in [2.05, 4.69) is 16.7 Å². The first-order chi connectivity index (χ1) is 11.3. The van der Waals surface area contributed by atoms with Gasteiger partial charge in [-0.3, -0.25) is 0 Å². The molecule has 1 saturated heterocycles. The number of carbonyl (C=O) groups is 2. The number of piperidine rings is 1. The summed E-state index contributed by atoms with van der Waals surface area (Å²) >= 11 is 0. The second-order valence-corrected chi connectivity index (χ2v) is 5.44. The van der Waals surface area contributed by atoms with Crippen LogP contribution in [0.3, 0.4) is 0 Å². The molecule has 0 amide bonds. The van der Waals surface area contributed by atoms with Crippen LogP contribution in [0.5, 0.6) is 0 Å². The third kappa shape index (κ3) is 13.5. The highest BCUT2D eigenvalue weighted by atomic mass is 17.0. The molecule has 1 heterocycles. The SMILES string of the molecule is CCCCCCN1CCC(O[N+](=O)[O-])CC1.O=C(O)/C=C/C(=O)O. The number of hydrogen-bond donors (Lipinski definition) is 2. The first kappa shape index (κ1) is 21.8. The maximum atomic E-state index is 10.2. The minimum atomic E-state index is -1.26. The fraction of sp³-hybridized carbons (Fsp3) is 0.733. The van der Waals surface area contributed by atoms with E-state index >= 15 is 0 Å². The largest absolute Gasteiger partial charge is 0.478 e. The highest BCUT2D eigenvalue weighted by molar-refractivity contribution is 5.89. The van der Waals surface area contributed by atoms with E-state index in [0.717, 1.165) is 32.5 Å². The van der Waals surface area contributed by atoms with Gasteiger partial charge >= 0.3 is 11.9 Å². The van der Waals surface area contributed by atoms with Gasteiger partial charge in [-0.05, 0) is 25.8 Å². The van der Waals surface area contributed by atoms with E-state index < -0.39 is 17.0 Å². The van der Waals surface area contributed by atoms with Gasteiger partial charge in [0.05, 0.1) is 0 Å². The first-order valence-corrected chi connectivity index (χ1v) is 8.02. The summed E-state index contributed by atoms with van der Waals surface area (Å²) in [6.07, 6.45) is 7.62. The van der Waals surface area contributed by atoms with E-state index in [1.807, 2.05) is 0 Å². The molecule has 1 aliphatic rings. The normalized spacial score (nSPS) is 15.5. The number of aliphatic carboxylic acids is 2. The Hall–Kier alpha value is -2.16. The minimum absolute atomic E-state index is 0.179. The molecule has 0 spiro atoms. The molecule has 0 aliphatic carbocycles. The van der Waals surface area contributed by atoms with Crippen molar-refractivity contribution in [1.82, 2.24) is 4.90 Å². The molecule has 24 heavy (non-hydrogen) atoms.